The Labute approximate surface area is 92.6 Å². The summed E-state index contributed by atoms with van der Waals surface area (Å²) in [5, 5.41) is 11.4. The average Bonchev–Trinajstić information content (AvgIpc) is 2.18. The zero-order valence-electron chi connectivity index (χ0n) is 7.71. The van der Waals surface area contributed by atoms with Crippen LogP contribution >= 0.6 is 11.8 Å². The summed E-state index contributed by atoms with van der Waals surface area (Å²) >= 11 is 0.0929. The molecular weight excluding hydrogens is 243 g/mol. The quantitative estimate of drug-likeness (QED) is 0.739. The van der Waals surface area contributed by atoms with Crippen molar-refractivity contribution >= 4 is 23.4 Å². The van der Waals surface area contributed by atoms with Gasteiger partial charge in [0.25, 0.3) is 10.8 Å². The number of fused-ring (bicyclic) bond motifs is 1. The molecule has 1 unspecified atom stereocenters. The number of carbonyl (C=O) groups excluding carboxylic acids is 1. The number of hydrogen-bond donors (Lipinski definition) is 2. The van der Waals surface area contributed by atoms with Gasteiger partial charge in [0.2, 0.25) is 0 Å². The van der Waals surface area contributed by atoms with Gasteiger partial charge in [-0.25, -0.2) is 0 Å². The summed E-state index contributed by atoms with van der Waals surface area (Å²) in [7, 11) is 0. The first-order chi connectivity index (χ1) is 7.34. The van der Waals surface area contributed by atoms with Crippen molar-refractivity contribution in [2.45, 2.75) is 16.0 Å². The Morgan fingerprint density at radius 3 is 2.56 bits per heavy atom. The van der Waals surface area contributed by atoms with Crippen LogP contribution in [0.4, 0.5) is 18.9 Å². The highest BCUT2D eigenvalue weighted by molar-refractivity contribution is 8.01. The smallest absolute Gasteiger partial charge is 0.364 e. The van der Waals surface area contributed by atoms with Crippen LogP contribution in [0.15, 0.2) is 29.2 Å². The Morgan fingerprint density at radius 2 is 1.94 bits per heavy atom. The lowest BCUT2D eigenvalue weighted by Gasteiger charge is -2.32. The summed E-state index contributed by atoms with van der Waals surface area (Å²) in [4.78, 5) is 7.99. The normalized spacial score (nSPS) is 24.9. The van der Waals surface area contributed by atoms with Crippen LogP contribution in [0.5, 0.6) is 0 Å². The van der Waals surface area contributed by atoms with E-state index in [1.807, 2.05) is 5.32 Å². The van der Waals surface area contributed by atoms with Crippen molar-refractivity contribution in [2.24, 2.45) is 0 Å². The van der Waals surface area contributed by atoms with Crippen molar-refractivity contribution in [1.29, 1.82) is 0 Å². The van der Waals surface area contributed by atoms with Gasteiger partial charge in [0.15, 0.2) is 0 Å². The Bertz CT molecular complexity index is 449. The fourth-order valence-electron chi connectivity index (χ4n) is 1.26. The number of para-hydroxylation sites is 1. The molecule has 0 bridgehead atoms. The van der Waals surface area contributed by atoms with E-state index < -0.39 is 17.0 Å². The minimum Gasteiger partial charge on any atom is -0.364 e. The van der Waals surface area contributed by atoms with Gasteiger partial charge in [0.1, 0.15) is 0 Å². The molecule has 1 heterocycles. The first kappa shape index (κ1) is 11.3. The van der Waals surface area contributed by atoms with Crippen LogP contribution in [0.3, 0.4) is 0 Å². The topological polar surface area (TPSA) is 49.3 Å². The largest absolute Gasteiger partial charge is 0.436 e. The molecule has 0 spiro atoms. The van der Waals surface area contributed by atoms with Crippen molar-refractivity contribution in [1.82, 2.24) is 0 Å². The number of thioether (sulfide) groups is 1. The van der Waals surface area contributed by atoms with Crippen LogP contribution in [0.25, 0.3) is 0 Å². The monoisotopic (exact) mass is 249 g/mol. The number of nitrogens with one attached hydrogen (secondary N) is 1. The molecule has 7 heteroatoms. The van der Waals surface area contributed by atoms with E-state index in [2.05, 4.69) is 0 Å². The van der Waals surface area contributed by atoms with E-state index in [1.165, 1.54) is 18.2 Å². The lowest BCUT2D eigenvalue weighted by atomic mass is 10.2. The van der Waals surface area contributed by atoms with Crippen LogP contribution in [0, 0.1) is 0 Å². The SMILES string of the molecule is O=C1Nc2ccccc2SC1(O)C(F)(F)F. The molecule has 0 saturated heterocycles. The van der Waals surface area contributed by atoms with Crippen LogP contribution in [-0.4, -0.2) is 22.1 Å². The summed E-state index contributed by atoms with van der Waals surface area (Å²) in [6.45, 7) is 0. The zero-order chi connectivity index (χ0) is 12.0. The van der Waals surface area contributed by atoms with Gasteiger partial charge < -0.3 is 10.4 Å². The number of alkyl halides is 3. The van der Waals surface area contributed by atoms with Crippen LogP contribution < -0.4 is 5.32 Å². The highest BCUT2D eigenvalue weighted by Gasteiger charge is 2.62. The van der Waals surface area contributed by atoms with Crippen molar-refractivity contribution < 1.29 is 23.1 Å². The van der Waals surface area contributed by atoms with E-state index >= 15 is 0 Å². The maximum absolute atomic E-state index is 12.5. The molecule has 1 amide bonds. The van der Waals surface area contributed by atoms with Gasteiger partial charge in [-0.3, -0.25) is 4.79 Å². The van der Waals surface area contributed by atoms with Gasteiger partial charge in [0, 0.05) is 4.90 Å². The van der Waals surface area contributed by atoms with Gasteiger partial charge >= 0.3 is 6.18 Å². The number of carbonyl (C=O) groups is 1. The molecule has 1 aromatic carbocycles. The van der Waals surface area contributed by atoms with E-state index in [4.69, 9.17) is 0 Å². The molecule has 0 radical (unpaired) electrons. The van der Waals surface area contributed by atoms with Gasteiger partial charge in [0.05, 0.1) is 5.69 Å². The molecule has 1 aliphatic rings. The third kappa shape index (κ3) is 1.56. The summed E-state index contributed by atoms with van der Waals surface area (Å²) in [5.41, 5.74) is 0.270. The lowest BCUT2D eigenvalue weighted by molar-refractivity contribution is -0.215. The Balaban J connectivity index is 2.46. The standard InChI is InChI=1S/C9H6F3NO2S/c10-9(11,12)8(15)7(14)13-5-3-1-2-4-6(5)16-8/h1-4,15H,(H,13,14). The minimum atomic E-state index is -5.02. The summed E-state index contributed by atoms with van der Waals surface area (Å²) in [6, 6.07) is 5.98. The number of aliphatic hydroxyl groups is 1. The fourth-order valence-corrected chi connectivity index (χ4v) is 2.21. The molecular formula is C9H6F3NO2S. The highest BCUT2D eigenvalue weighted by atomic mass is 32.2. The van der Waals surface area contributed by atoms with Crippen LogP contribution in [0.1, 0.15) is 0 Å². The average molecular weight is 249 g/mol. The van der Waals surface area contributed by atoms with E-state index in [0.29, 0.717) is 0 Å². The molecule has 0 saturated carbocycles. The first-order valence-electron chi connectivity index (χ1n) is 4.23. The van der Waals surface area contributed by atoms with E-state index in [0.717, 1.165) is 0 Å². The number of halogens is 3. The maximum Gasteiger partial charge on any atom is 0.436 e. The number of anilines is 1. The van der Waals surface area contributed by atoms with Crippen molar-refractivity contribution in [3.05, 3.63) is 24.3 Å². The molecule has 0 aliphatic carbocycles. The molecule has 86 valence electrons. The maximum atomic E-state index is 12.5. The molecule has 16 heavy (non-hydrogen) atoms. The number of hydrogen-bond acceptors (Lipinski definition) is 3. The number of benzene rings is 1. The van der Waals surface area contributed by atoms with Crippen molar-refractivity contribution in [3.63, 3.8) is 0 Å². The molecule has 0 fully saturated rings. The van der Waals surface area contributed by atoms with Crippen molar-refractivity contribution in [2.75, 3.05) is 5.32 Å². The molecule has 0 aromatic heterocycles. The van der Waals surface area contributed by atoms with E-state index in [-0.39, 0.29) is 22.3 Å². The molecule has 1 atom stereocenters. The second-order valence-corrected chi connectivity index (χ2v) is 4.43. The summed E-state index contributed by atoms with van der Waals surface area (Å²) in [6.07, 6.45) is -5.02. The Hall–Kier alpha value is -1.21. The Kier molecular flexibility index (Phi) is 2.39. The van der Waals surface area contributed by atoms with Gasteiger partial charge in [-0.05, 0) is 12.1 Å². The zero-order valence-corrected chi connectivity index (χ0v) is 8.52. The number of amides is 1. The predicted molar refractivity (Wildman–Crippen MR) is 51.9 cm³/mol. The fraction of sp³-hybridized carbons (Fsp3) is 0.222. The second-order valence-electron chi connectivity index (χ2n) is 3.19. The minimum absolute atomic E-state index is 0.0929. The molecule has 1 aliphatic heterocycles. The van der Waals surface area contributed by atoms with Gasteiger partial charge in [-0.2, -0.15) is 13.2 Å². The van der Waals surface area contributed by atoms with Gasteiger partial charge in [-0.1, -0.05) is 23.9 Å². The molecule has 2 rings (SSSR count). The van der Waals surface area contributed by atoms with Crippen LogP contribution in [-0.2, 0) is 4.79 Å². The lowest BCUT2D eigenvalue weighted by Crippen LogP contribution is -2.53. The third-order valence-corrected chi connectivity index (χ3v) is 3.37. The highest BCUT2D eigenvalue weighted by Crippen LogP contribution is 2.48. The summed E-state index contributed by atoms with van der Waals surface area (Å²) in [5.74, 6) is -1.47. The molecule has 2 N–H and O–H groups in total. The van der Waals surface area contributed by atoms with Crippen LogP contribution in [0.2, 0.25) is 0 Å². The molecule has 1 aromatic rings. The number of rotatable bonds is 0. The third-order valence-electron chi connectivity index (χ3n) is 2.08. The Morgan fingerprint density at radius 1 is 1.31 bits per heavy atom. The first-order valence-corrected chi connectivity index (χ1v) is 5.05. The second kappa shape index (κ2) is 3.39. The van der Waals surface area contributed by atoms with Gasteiger partial charge in [-0.15, -0.1) is 0 Å². The van der Waals surface area contributed by atoms with Crippen molar-refractivity contribution in [3.8, 4) is 0 Å². The summed E-state index contributed by atoms with van der Waals surface area (Å²) < 4.78 is 37.6. The van der Waals surface area contributed by atoms with E-state index in [9.17, 15) is 23.1 Å². The van der Waals surface area contributed by atoms with E-state index in [1.54, 1.807) is 6.07 Å². The predicted octanol–water partition coefficient (Wildman–Crippen LogP) is 1.98. The molecule has 3 nitrogen and oxygen atoms in total.